The molecule has 0 spiro atoms. The van der Waals surface area contributed by atoms with Crippen molar-refractivity contribution in [3.63, 3.8) is 0 Å². The van der Waals surface area contributed by atoms with E-state index in [-0.39, 0.29) is 0 Å². The van der Waals surface area contributed by atoms with E-state index < -0.39 is 0 Å². The highest BCUT2D eigenvalue weighted by molar-refractivity contribution is 6.21. The predicted octanol–water partition coefficient (Wildman–Crippen LogP) is 10.1. The Morgan fingerprint density at radius 3 is 1.77 bits per heavy atom. The van der Waals surface area contributed by atoms with Crippen molar-refractivity contribution in [3.8, 4) is 33.9 Å². The number of nitrogens with zero attached hydrogens (tertiary/aromatic N) is 2. The molecule has 0 saturated heterocycles. The second-order valence-electron chi connectivity index (χ2n) is 10.2. The molecule has 0 aliphatic heterocycles. The Morgan fingerprint density at radius 2 is 0.950 bits per heavy atom. The molecule has 7 aromatic carbocycles. The highest BCUT2D eigenvalue weighted by Gasteiger charge is 2.18. The second-order valence-corrected chi connectivity index (χ2v) is 10.2. The van der Waals surface area contributed by atoms with Gasteiger partial charge in [-0.1, -0.05) is 127 Å². The summed E-state index contributed by atoms with van der Waals surface area (Å²) in [6.45, 7) is 0. The van der Waals surface area contributed by atoms with Crippen LogP contribution in [0.25, 0.3) is 77.0 Å². The molecular weight excluding hydrogens is 484 g/mol. The molecule has 0 unspecified atom stereocenters. The van der Waals surface area contributed by atoms with Crippen LogP contribution >= 0.6 is 0 Å². The van der Waals surface area contributed by atoms with Gasteiger partial charge in [0.05, 0.1) is 11.4 Å². The molecule has 1 aromatic heterocycles. The Kier molecular flexibility index (Phi) is 5.17. The van der Waals surface area contributed by atoms with Gasteiger partial charge >= 0.3 is 0 Å². The molecule has 2 heteroatoms. The molecule has 0 bridgehead atoms. The normalized spacial score (nSPS) is 11.5. The quantitative estimate of drug-likeness (QED) is 0.175. The van der Waals surface area contributed by atoms with Crippen molar-refractivity contribution >= 4 is 43.1 Å². The van der Waals surface area contributed by atoms with Gasteiger partial charge in [0, 0.05) is 22.1 Å². The molecule has 0 N–H and O–H groups in total. The summed E-state index contributed by atoms with van der Waals surface area (Å²) in [5.74, 6) is 0.739. The van der Waals surface area contributed by atoms with Crippen LogP contribution in [-0.4, -0.2) is 9.97 Å². The summed E-state index contributed by atoms with van der Waals surface area (Å²) in [6.07, 6.45) is 0. The maximum atomic E-state index is 5.30. The number of rotatable bonds is 3. The lowest BCUT2D eigenvalue weighted by Gasteiger charge is -2.15. The monoisotopic (exact) mass is 508 g/mol. The highest BCUT2D eigenvalue weighted by atomic mass is 14.9. The van der Waals surface area contributed by atoms with E-state index in [1.165, 1.54) is 37.7 Å². The van der Waals surface area contributed by atoms with E-state index in [0.29, 0.717) is 0 Å². The van der Waals surface area contributed by atoms with Gasteiger partial charge in [0.2, 0.25) is 0 Å². The first kappa shape index (κ1) is 22.6. The molecular formula is C38H24N2. The summed E-state index contributed by atoms with van der Waals surface area (Å²) in [7, 11) is 0. The van der Waals surface area contributed by atoms with Crippen LogP contribution in [0.5, 0.6) is 0 Å². The number of aromatic nitrogens is 2. The fourth-order valence-corrected chi connectivity index (χ4v) is 5.89. The third-order valence-electron chi connectivity index (χ3n) is 7.82. The molecule has 0 atom stereocenters. The maximum absolute atomic E-state index is 5.30. The average Bonchev–Trinajstić information content (AvgIpc) is 3.03. The third-order valence-corrected chi connectivity index (χ3v) is 7.82. The zero-order chi connectivity index (χ0) is 26.5. The van der Waals surface area contributed by atoms with Crippen LogP contribution in [0, 0.1) is 0 Å². The second kappa shape index (κ2) is 9.14. The van der Waals surface area contributed by atoms with Gasteiger partial charge in [0.25, 0.3) is 0 Å². The summed E-state index contributed by atoms with van der Waals surface area (Å²) in [5.41, 5.74) is 5.05. The summed E-state index contributed by atoms with van der Waals surface area (Å²) in [4.78, 5) is 10.6. The van der Waals surface area contributed by atoms with Gasteiger partial charge in [0.1, 0.15) is 0 Å². The largest absolute Gasteiger partial charge is 0.228 e. The summed E-state index contributed by atoms with van der Waals surface area (Å²) in [5, 5.41) is 9.54. The molecule has 40 heavy (non-hydrogen) atoms. The summed E-state index contributed by atoms with van der Waals surface area (Å²) in [6, 6.07) is 51.4. The van der Waals surface area contributed by atoms with Crippen molar-refractivity contribution < 1.29 is 0 Å². The summed E-state index contributed by atoms with van der Waals surface area (Å²) < 4.78 is 0. The lowest BCUT2D eigenvalue weighted by atomic mass is 9.92. The molecule has 1 heterocycles. The van der Waals surface area contributed by atoms with Gasteiger partial charge in [-0.2, -0.15) is 0 Å². The molecule has 0 aliphatic rings. The van der Waals surface area contributed by atoms with Gasteiger partial charge in [-0.25, -0.2) is 9.97 Å². The van der Waals surface area contributed by atoms with Gasteiger partial charge < -0.3 is 0 Å². The maximum Gasteiger partial charge on any atom is 0.161 e. The third kappa shape index (κ3) is 3.73. The number of benzene rings is 7. The van der Waals surface area contributed by atoms with E-state index in [4.69, 9.17) is 9.97 Å². The molecule has 0 fully saturated rings. The Bertz CT molecular complexity index is 2210. The minimum atomic E-state index is 0.739. The van der Waals surface area contributed by atoms with Crippen LogP contribution in [0.4, 0.5) is 0 Å². The van der Waals surface area contributed by atoms with E-state index in [1.54, 1.807) is 0 Å². The SMILES string of the molecule is c1ccc(-c2cc(-c3ccc4ccccc4c3)nc(-c3c4ccccc4cc4ccc5ccccc5c34)n2)cc1. The van der Waals surface area contributed by atoms with Crippen LogP contribution in [0.15, 0.2) is 146 Å². The van der Waals surface area contributed by atoms with Crippen LogP contribution in [0.2, 0.25) is 0 Å². The van der Waals surface area contributed by atoms with Gasteiger partial charge in [-0.3, -0.25) is 0 Å². The van der Waals surface area contributed by atoms with Crippen molar-refractivity contribution in [1.82, 2.24) is 9.97 Å². The van der Waals surface area contributed by atoms with Gasteiger partial charge in [-0.15, -0.1) is 0 Å². The molecule has 2 nitrogen and oxygen atoms in total. The zero-order valence-electron chi connectivity index (χ0n) is 21.8. The standard InChI is InChI=1S/C38H24N2/c1-2-12-27(13-3-1)34-24-35(30-20-18-25-10-4-5-14-28(25)22-30)40-38(39-34)37-33-17-9-7-15-29(33)23-31-21-19-26-11-6-8-16-32(26)36(31)37/h1-24H. The molecule has 0 aliphatic carbocycles. The average molecular weight is 509 g/mol. The van der Waals surface area contributed by atoms with E-state index in [0.717, 1.165) is 39.3 Å². The van der Waals surface area contributed by atoms with Gasteiger partial charge in [0.15, 0.2) is 5.82 Å². The molecule has 0 amide bonds. The fraction of sp³-hybridized carbons (Fsp3) is 0. The van der Waals surface area contributed by atoms with E-state index >= 15 is 0 Å². The zero-order valence-corrected chi connectivity index (χ0v) is 21.8. The number of hydrogen-bond acceptors (Lipinski definition) is 2. The van der Waals surface area contributed by atoms with Crippen molar-refractivity contribution in [2.24, 2.45) is 0 Å². The minimum Gasteiger partial charge on any atom is -0.228 e. The molecule has 8 aromatic rings. The first-order valence-electron chi connectivity index (χ1n) is 13.6. The van der Waals surface area contributed by atoms with Crippen LogP contribution in [0.3, 0.4) is 0 Å². The van der Waals surface area contributed by atoms with Crippen molar-refractivity contribution in [2.45, 2.75) is 0 Å². The van der Waals surface area contributed by atoms with Gasteiger partial charge in [-0.05, 0) is 55.9 Å². The smallest absolute Gasteiger partial charge is 0.161 e. The Balaban J connectivity index is 1.50. The fourth-order valence-electron chi connectivity index (χ4n) is 5.89. The van der Waals surface area contributed by atoms with Crippen LogP contribution in [-0.2, 0) is 0 Å². The predicted molar refractivity (Wildman–Crippen MR) is 168 cm³/mol. The van der Waals surface area contributed by atoms with Crippen molar-refractivity contribution in [1.29, 1.82) is 0 Å². The Morgan fingerprint density at radius 1 is 0.350 bits per heavy atom. The van der Waals surface area contributed by atoms with Crippen molar-refractivity contribution in [3.05, 3.63) is 146 Å². The molecule has 186 valence electrons. The molecule has 0 radical (unpaired) electrons. The minimum absolute atomic E-state index is 0.739. The van der Waals surface area contributed by atoms with Crippen LogP contribution in [0.1, 0.15) is 0 Å². The van der Waals surface area contributed by atoms with E-state index in [9.17, 15) is 0 Å². The Hall–Kier alpha value is -5.34. The molecule has 8 rings (SSSR count). The Labute approximate surface area is 232 Å². The highest BCUT2D eigenvalue weighted by Crippen LogP contribution is 2.40. The lowest BCUT2D eigenvalue weighted by molar-refractivity contribution is 1.19. The lowest BCUT2D eigenvalue weighted by Crippen LogP contribution is -1.98. The van der Waals surface area contributed by atoms with Crippen molar-refractivity contribution in [2.75, 3.05) is 0 Å². The van der Waals surface area contributed by atoms with Crippen LogP contribution < -0.4 is 0 Å². The first-order valence-corrected chi connectivity index (χ1v) is 13.6. The first-order chi connectivity index (χ1) is 19.8. The molecule has 0 saturated carbocycles. The summed E-state index contributed by atoms with van der Waals surface area (Å²) >= 11 is 0. The number of hydrogen-bond donors (Lipinski definition) is 0. The van der Waals surface area contributed by atoms with E-state index in [2.05, 4.69) is 140 Å². The van der Waals surface area contributed by atoms with E-state index in [1.807, 2.05) is 6.07 Å². The number of fused-ring (bicyclic) bond motifs is 5. The topological polar surface area (TPSA) is 25.8 Å².